The zero-order valence-electron chi connectivity index (χ0n) is 11.2. The van der Waals surface area contributed by atoms with E-state index in [0.717, 1.165) is 0 Å². The van der Waals surface area contributed by atoms with Crippen molar-refractivity contribution in [1.29, 1.82) is 0 Å². The summed E-state index contributed by atoms with van der Waals surface area (Å²) >= 11 is 1.84. The zero-order valence-corrected chi connectivity index (χ0v) is 12.0. The van der Waals surface area contributed by atoms with Gasteiger partial charge in [-0.15, -0.1) is 11.3 Å². The van der Waals surface area contributed by atoms with Crippen molar-refractivity contribution in [3.63, 3.8) is 0 Å². The average Bonchev–Trinajstić information content (AvgIpc) is 2.76. The van der Waals surface area contributed by atoms with Crippen LogP contribution in [-0.4, -0.2) is 23.5 Å². The number of hydrogen-bond donors (Lipinski definition) is 1. The van der Waals surface area contributed by atoms with Crippen molar-refractivity contribution in [1.82, 2.24) is 4.90 Å². The molecule has 2 heterocycles. The predicted octanol–water partition coefficient (Wildman–Crippen LogP) is 3.32. The summed E-state index contributed by atoms with van der Waals surface area (Å²) in [5.74, 6) is 0. The number of rotatable bonds is 3. The van der Waals surface area contributed by atoms with Crippen molar-refractivity contribution in [2.75, 3.05) is 13.1 Å². The van der Waals surface area contributed by atoms with Gasteiger partial charge in [-0.2, -0.15) is 0 Å². The third-order valence-corrected chi connectivity index (χ3v) is 5.08. The minimum atomic E-state index is 0.0672. The summed E-state index contributed by atoms with van der Waals surface area (Å²) in [5, 5.41) is 0. The van der Waals surface area contributed by atoms with Crippen LogP contribution in [0.5, 0.6) is 0 Å². The van der Waals surface area contributed by atoms with E-state index >= 15 is 0 Å². The van der Waals surface area contributed by atoms with Gasteiger partial charge < -0.3 is 5.73 Å². The van der Waals surface area contributed by atoms with Gasteiger partial charge in [-0.05, 0) is 58.8 Å². The maximum Gasteiger partial charge on any atom is 0.0571 e. The number of nitrogens with two attached hydrogens (primary N) is 1. The van der Waals surface area contributed by atoms with Crippen LogP contribution in [0.15, 0.2) is 12.1 Å². The Balaban J connectivity index is 2.13. The van der Waals surface area contributed by atoms with E-state index in [0.29, 0.717) is 0 Å². The first-order chi connectivity index (χ1) is 8.01. The molecule has 1 atom stereocenters. The van der Waals surface area contributed by atoms with E-state index in [-0.39, 0.29) is 11.6 Å². The first-order valence-corrected chi connectivity index (χ1v) is 7.40. The Kier molecular flexibility index (Phi) is 3.91. The molecule has 2 nitrogen and oxygen atoms in total. The summed E-state index contributed by atoms with van der Waals surface area (Å²) in [6.45, 7) is 9.13. The SMILES string of the molecule is Cc1ccc(C(N)C(C)(C)N2CCCCC2)s1. The van der Waals surface area contributed by atoms with Crippen LogP contribution in [0.25, 0.3) is 0 Å². The molecule has 1 aromatic rings. The van der Waals surface area contributed by atoms with E-state index in [1.807, 2.05) is 11.3 Å². The molecule has 0 radical (unpaired) electrons. The molecule has 3 heteroatoms. The quantitative estimate of drug-likeness (QED) is 0.894. The van der Waals surface area contributed by atoms with Gasteiger partial charge in [0.1, 0.15) is 0 Å². The summed E-state index contributed by atoms with van der Waals surface area (Å²) in [6, 6.07) is 4.49. The highest BCUT2D eigenvalue weighted by Crippen LogP contribution is 2.34. The van der Waals surface area contributed by atoms with Crippen LogP contribution in [0, 0.1) is 6.92 Å². The molecule has 1 unspecified atom stereocenters. The molecule has 0 bridgehead atoms. The molecule has 0 aliphatic carbocycles. The number of aryl methyl sites for hydroxylation is 1. The Morgan fingerprint density at radius 2 is 1.88 bits per heavy atom. The average molecular weight is 252 g/mol. The van der Waals surface area contributed by atoms with Gasteiger partial charge in [-0.3, -0.25) is 4.90 Å². The molecule has 0 amide bonds. The van der Waals surface area contributed by atoms with E-state index in [9.17, 15) is 0 Å². The Labute approximate surface area is 109 Å². The fourth-order valence-corrected chi connectivity index (χ4v) is 3.69. The monoisotopic (exact) mass is 252 g/mol. The van der Waals surface area contributed by atoms with Crippen molar-refractivity contribution in [3.8, 4) is 0 Å². The maximum atomic E-state index is 6.49. The van der Waals surface area contributed by atoms with E-state index in [2.05, 4.69) is 37.8 Å². The normalized spacial score (nSPS) is 20.5. The van der Waals surface area contributed by atoms with Gasteiger partial charge in [0.05, 0.1) is 6.04 Å². The summed E-state index contributed by atoms with van der Waals surface area (Å²) in [5.41, 5.74) is 6.55. The molecular weight excluding hydrogens is 228 g/mol. The second-order valence-electron chi connectivity index (χ2n) is 5.63. The highest BCUT2D eigenvalue weighted by atomic mass is 32.1. The standard InChI is InChI=1S/C14H24N2S/c1-11-7-8-12(17-11)13(15)14(2,3)16-9-5-4-6-10-16/h7-8,13H,4-6,9-10,15H2,1-3H3. The molecule has 0 saturated carbocycles. The van der Waals surface area contributed by atoms with E-state index < -0.39 is 0 Å². The molecule has 1 aromatic heterocycles. The number of hydrogen-bond acceptors (Lipinski definition) is 3. The van der Waals surface area contributed by atoms with Gasteiger partial charge in [0.2, 0.25) is 0 Å². The third-order valence-electron chi connectivity index (χ3n) is 4.00. The topological polar surface area (TPSA) is 29.3 Å². The Hall–Kier alpha value is -0.380. The lowest BCUT2D eigenvalue weighted by molar-refractivity contribution is 0.0739. The van der Waals surface area contributed by atoms with E-state index in [1.54, 1.807) is 0 Å². The lowest BCUT2D eigenvalue weighted by Gasteiger charge is -2.44. The van der Waals surface area contributed by atoms with Crippen LogP contribution in [0.4, 0.5) is 0 Å². The van der Waals surface area contributed by atoms with Crippen molar-refractivity contribution < 1.29 is 0 Å². The van der Waals surface area contributed by atoms with Crippen LogP contribution in [-0.2, 0) is 0 Å². The molecule has 1 aliphatic rings. The first-order valence-electron chi connectivity index (χ1n) is 6.59. The first kappa shape index (κ1) is 13.1. The fourth-order valence-electron chi connectivity index (χ4n) is 2.64. The molecule has 17 heavy (non-hydrogen) atoms. The summed E-state index contributed by atoms with van der Waals surface area (Å²) < 4.78 is 0. The Morgan fingerprint density at radius 3 is 2.41 bits per heavy atom. The highest BCUT2D eigenvalue weighted by molar-refractivity contribution is 7.12. The highest BCUT2D eigenvalue weighted by Gasteiger charge is 2.35. The number of piperidine rings is 1. The zero-order chi connectivity index (χ0) is 12.5. The van der Waals surface area contributed by atoms with Crippen LogP contribution >= 0.6 is 11.3 Å². The number of thiophene rings is 1. The fraction of sp³-hybridized carbons (Fsp3) is 0.714. The van der Waals surface area contributed by atoms with E-state index in [4.69, 9.17) is 5.73 Å². The smallest absolute Gasteiger partial charge is 0.0571 e. The van der Waals surface area contributed by atoms with Gasteiger partial charge in [0.25, 0.3) is 0 Å². The predicted molar refractivity (Wildman–Crippen MR) is 75.5 cm³/mol. The molecular formula is C14H24N2S. The lowest BCUT2D eigenvalue weighted by Crippen LogP contribution is -2.52. The molecule has 0 aromatic carbocycles. The van der Waals surface area contributed by atoms with Gasteiger partial charge in [0.15, 0.2) is 0 Å². The minimum Gasteiger partial charge on any atom is -0.322 e. The molecule has 0 spiro atoms. The molecule has 2 N–H and O–H groups in total. The summed E-state index contributed by atoms with van der Waals surface area (Å²) in [6.07, 6.45) is 4.01. The van der Waals surface area contributed by atoms with Gasteiger partial charge in [0, 0.05) is 15.3 Å². The minimum absolute atomic E-state index is 0.0672. The van der Waals surface area contributed by atoms with Crippen LogP contribution in [0.1, 0.15) is 48.9 Å². The largest absolute Gasteiger partial charge is 0.322 e. The van der Waals surface area contributed by atoms with Crippen LogP contribution < -0.4 is 5.73 Å². The van der Waals surface area contributed by atoms with Crippen molar-refractivity contribution >= 4 is 11.3 Å². The number of nitrogens with zero attached hydrogens (tertiary/aromatic N) is 1. The van der Waals surface area contributed by atoms with Crippen LogP contribution in [0.3, 0.4) is 0 Å². The van der Waals surface area contributed by atoms with E-state index in [1.165, 1.54) is 42.1 Å². The second kappa shape index (κ2) is 5.09. The van der Waals surface area contributed by atoms with Gasteiger partial charge >= 0.3 is 0 Å². The maximum absolute atomic E-state index is 6.49. The molecule has 96 valence electrons. The Morgan fingerprint density at radius 1 is 1.24 bits per heavy atom. The van der Waals surface area contributed by atoms with Crippen molar-refractivity contribution in [3.05, 3.63) is 21.9 Å². The summed E-state index contributed by atoms with van der Waals surface area (Å²) in [7, 11) is 0. The molecule has 1 saturated heterocycles. The molecule has 1 fully saturated rings. The van der Waals surface area contributed by atoms with Crippen molar-refractivity contribution in [2.24, 2.45) is 5.73 Å². The second-order valence-corrected chi connectivity index (χ2v) is 6.95. The van der Waals surface area contributed by atoms with Gasteiger partial charge in [-0.1, -0.05) is 6.42 Å². The van der Waals surface area contributed by atoms with Crippen LogP contribution in [0.2, 0.25) is 0 Å². The summed E-state index contributed by atoms with van der Waals surface area (Å²) in [4.78, 5) is 5.24. The lowest BCUT2D eigenvalue weighted by atomic mass is 9.90. The third kappa shape index (κ3) is 2.72. The Bertz CT molecular complexity index is 364. The number of likely N-dealkylation sites (tertiary alicyclic amines) is 1. The van der Waals surface area contributed by atoms with Gasteiger partial charge in [-0.25, -0.2) is 0 Å². The van der Waals surface area contributed by atoms with Crippen molar-refractivity contribution in [2.45, 2.75) is 51.6 Å². The molecule has 2 rings (SSSR count). The molecule has 1 aliphatic heterocycles.